The maximum atomic E-state index is 12.4. The van der Waals surface area contributed by atoms with Crippen molar-refractivity contribution in [1.82, 2.24) is 0 Å². The Labute approximate surface area is 112 Å². The minimum Gasteiger partial charge on any atom is -0.481 e. The number of allylic oxidation sites excluding steroid dienone is 1. The lowest BCUT2D eigenvalue weighted by molar-refractivity contribution is -0.148. The maximum Gasteiger partial charge on any atom is 0.309 e. The number of carbonyl (C=O) groups is 2. The van der Waals surface area contributed by atoms with Crippen LogP contribution in [0.5, 0.6) is 0 Å². The number of hydrogen-bond donors (Lipinski definition) is 2. The molecule has 19 heavy (non-hydrogen) atoms. The van der Waals surface area contributed by atoms with E-state index < -0.39 is 17.5 Å². The van der Waals surface area contributed by atoms with Crippen LogP contribution in [0.15, 0.2) is 11.1 Å². The summed E-state index contributed by atoms with van der Waals surface area (Å²) in [6, 6.07) is 0. The van der Waals surface area contributed by atoms with Crippen LogP contribution >= 0.6 is 0 Å². The van der Waals surface area contributed by atoms with Crippen LogP contribution in [0, 0.1) is 22.7 Å². The van der Waals surface area contributed by atoms with Crippen LogP contribution in [0.1, 0.15) is 40.0 Å². The van der Waals surface area contributed by atoms with Crippen molar-refractivity contribution in [3.63, 3.8) is 0 Å². The average Bonchev–Trinajstić information content (AvgIpc) is 2.72. The SMILES string of the molecule is CC1=C2C[C@@H](O)[C@]2(C)[C@H]2C[C@@](C)(C(=O)O)C[C@@H]2C1=O. The van der Waals surface area contributed by atoms with Gasteiger partial charge in [0.25, 0.3) is 0 Å². The third-order valence-corrected chi connectivity index (χ3v) is 6.01. The quantitative estimate of drug-likeness (QED) is 0.757. The Morgan fingerprint density at radius 1 is 1.32 bits per heavy atom. The zero-order valence-electron chi connectivity index (χ0n) is 11.6. The van der Waals surface area contributed by atoms with Crippen molar-refractivity contribution in [3.05, 3.63) is 11.1 Å². The Morgan fingerprint density at radius 3 is 2.47 bits per heavy atom. The normalized spacial score (nSPS) is 48.6. The van der Waals surface area contributed by atoms with Gasteiger partial charge in [-0.25, -0.2) is 0 Å². The lowest BCUT2D eigenvalue weighted by Crippen LogP contribution is -2.55. The number of carboxylic acid groups (broad SMARTS) is 1. The standard InChI is InChI=1S/C15H20O4/c1-7-9-4-11(16)15(9,3)10-6-14(2,13(18)19)5-8(10)12(7)17/h8,10-11,16H,4-6H2,1-3H3,(H,18,19)/t8-,10-,11+,14-,15-/m0/s1. The first kappa shape index (κ1) is 12.9. The van der Waals surface area contributed by atoms with Gasteiger partial charge in [0.15, 0.2) is 5.78 Å². The molecule has 0 bridgehead atoms. The second kappa shape index (κ2) is 3.48. The molecule has 0 saturated heterocycles. The molecule has 3 aliphatic carbocycles. The van der Waals surface area contributed by atoms with Gasteiger partial charge in [-0.3, -0.25) is 9.59 Å². The van der Waals surface area contributed by atoms with E-state index >= 15 is 0 Å². The smallest absolute Gasteiger partial charge is 0.309 e. The van der Waals surface area contributed by atoms with Crippen LogP contribution in [-0.2, 0) is 9.59 Å². The molecule has 0 spiro atoms. The molecule has 3 aliphatic rings. The Hall–Kier alpha value is -1.16. The molecule has 4 heteroatoms. The van der Waals surface area contributed by atoms with Gasteiger partial charge in [-0.1, -0.05) is 12.5 Å². The predicted molar refractivity (Wildman–Crippen MR) is 68.4 cm³/mol. The highest BCUT2D eigenvalue weighted by Gasteiger charge is 2.64. The summed E-state index contributed by atoms with van der Waals surface area (Å²) in [6.45, 7) is 5.55. The third kappa shape index (κ3) is 1.33. The summed E-state index contributed by atoms with van der Waals surface area (Å²) >= 11 is 0. The lowest BCUT2D eigenvalue weighted by Gasteiger charge is -2.55. The van der Waals surface area contributed by atoms with Crippen molar-refractivity contribution in [1.29, 1.82) is 0 Å². The molecule has 2 fully saturated rings. The molecule has 5 atom stereocenters. The number of Topliss-reactive ketones (excluding diaryl/α,β-unsaturated/α-hetero) is 1. The second-order valence-electron chi connectivity index (χ2n) is 6.96. The molecule has 0 heterocycles. The molecule has 0 aromatic heterocycles. The van der Waals surface area contributed by atoms with Crippen molar-refractivity contribution in [2.75, 3.05) is 0 Å². The molecule has 104 valence electrons. The highest BCUT2D eigenvalue weighted by Crippen LogP contribution is 2.65. The molecule has 2 saturated carbocycles. The second-order valence-corrected chi connectivity index (χ2v) is 6.96. The Bertz CT molecular complexity index is 520. The third-order valence-electron chi connectivity index (χ3n) is 6.01. The van der Waals surface area contributed by atoms with Gasteiger partial charge in [0.05, 0.1) is 11.5 Å². The van der Waals surface area contributed by atoms with Gasteiger partial charge in [0.2, 0.25) is 0 Å². The van der Waals surface area contributed by atoms with Gasteiger partial charge in [-0.2, -0.15) is 0 Å². The van der Waals surface area contributed by atoms with Gasteiger partial charge in [-0.05, 0) is 44.6 Å². The molecule has 0 unspecified atom stereocenters. The minimum absolute atomic E-state index is 0.0245. The number of hydrogen-bond acceptors (Lipinski definition) is 3. The summed E-state index contributed by atoms with van der Waals surface area (Å²) in [6.07, 6.45) is 1.03. The fraction of sp³-hybridized carbons (Fsp3) is 0.733. The van der Waals surface area contributed by atoms with Gasteiger partial charge < -0.3 is 10.2 Å². The summed E-state index contributed by atoms with van der Waals surface area (Å²) in [5, 5.41) is 19.6. The van der Waals surface area contributed by atoms with Gasteiger partial charge in [0.1, 0.15) is 0 Å². The van der Waals surface area contributed by atoms with E-state index in [1.54, 1.807) is 6.92 Å². The fourth-order valence-corrected chi connectivity index (χ4v) is 4.57. The molecule has 0 amide bonds. The molecule has 0 aromatic rings. The van der Waals surface area contributed by atoms with E-state index in [0.29, 0.717) is 19.3 Å². The van der Waals surface area contributed by atoms with Crippen LogP contribution in [0.25, 0.3) is 0 Å². The summed E-state index contributed by atoms with van der Waals surface area (Å²) in [4.78, 5) is 23.9. The topological polar surface area (TPSA) is 74.6 Å². The van der Waals surface area contributed by atoms with E-state index in [-0.39, 0.29) is 23.0 Å². The number of rotatable bonds is 1. The van der Waals surface area contributed by atoms with Crippen LogP contribution < -0.4 is 0 Å². The van der Waals surface area contributed by atoms with E-state index in [0.717, 1.165) is 11.1 Å². The highest BCUT2D eigenvalue weighted by molar-refractivity contribution is 6.00. The first-order valence-corrected chi connectivity index (χ1v) is 6.87. The van der Waals surface area contributed by atoms with Crippen molar-refractivity contribution in [3.8, 4) is 0 Å². The van der Waals surface area contributed by atoms with E-state index in [4.69, 9.17) is 0 Å². The summed E-state index contributed by atoms with van der Waals surface area (Å²) < 4.78 is 0. The Kier molecular flexibility index (Phi) is 2.35. The van der Waals surface area contributed by atoms with Gasteiger partial charge >= 0.3 is 5.97 Å². The molecule has 2 N–H and O–H groups in total. The molecular weight excluding hydrogens is 244 g/mol. The number of carbonyl (C=O) groups excluding carboxylic acids is 1. The number of aliphatic hydroxyl groups is 1. The number of aliphatic hydroxyl groups excluding tert-OH is 1. The molecule has 3 rings (SSSR count). The Balaban J connectivity index is 2.06. The number of aliphatic carboxylic acids is 1. The van der Waals surface area contributed by atoms with Gasteiger partial charge in [-0.15, -0.1) is 0 Å². The van der Waals surface area contributed by atoms with E-state index in [9.17, 15) is 19.8 Å². The fourth-order valence-electron chi connectivity index (χ4n) is 4.57. The summed E-state index contributed by atoms with van der Waals surface area (Å²) in [5.74, 6) is -0.978. The predicted octanol–water partition coefficient (Wildman–Crippen LogP) is 1.77. The Morgan fingerprint density at radius 2 is 1.95 bits per heavy atom. The zero-order valence-corrected chi connectivity index (χ0v) is 11.6. The number of carboxylic acids is 1. The van der Waals surface area contributed by atoms with E-state index in [1.165, 1.54) is 0 Å². The first-order valence-electron chi connectivity index (χ1n) is 6.87. The molecule has 4 nitrogen and oxygen atoms in total. The van der Waals surface area contributed by atoms with Crippen molar-refractivity contribution in [2.24, 2.45) is 22.7 Å². The minimum atomic E-state index is -0.834. The van der Waals surface area contributed by atoms with Crippen molar-refractivity contribution < 1.29 is 19.8 Å². The van der Waals surface area contributed by atoms with E-state index in [2.05, 4.69) is 0 Å². The molecule has 0 aliphatic heterocycles. The largest absolute Gasteiger partial charge is 0.481 e. The molecule has 0 aromatic carbocycles. The van der Waals surface area contributed by atoms with E-state index in [1.807, 2.05) is 13.8 Å². The first-order chi connectivity index (χ1) is 8.71. The molecular formula is C15H20O4. The maximum absolute atomic E-state index is 12.4. The van der Waals surface area contributed by atoms with Crippen LogP contribution in [0.2, 0.25) is 0 Å². The zero-order chi connectivity index (χ0) is 14.2. The monoisotopic (exact) mass is 264 g/mol. The van der Waals surface area contributed by atoms with Crippen LogP contribution in [0.3, 0.4) is 0 Å². The average molecular weight is 264 g/mol. The van der Waals surface area contributed by atoms with Crippen LogP contribution in [0.4, 0.5) is 0 Å². The highest BCUT2D eigenvalue weighted by atomic mass is 16.4. The number of fused-ring (bicyclic) bond motifs is 3. The summed E-state index contributed by atoms with van der Waals surface area (Å²) in [5.41, 5.74) is 0.610. The van der Waals surface area contributed by atoms with Crippen molar-refractivity contribution >= 4 is 11.8 Å². The van der Waals surface area contributed by atoms with Crippen LogP contribution in [-0.4, -0.2) is 28.1 Å². The van der Waals surface area contributed by atoms with Crippen molar-refractivity contribution in [2.45, 2.75) is 46.1 Å². The molecule has 0 radical (unpaired) electrons. The van der Waals surface area contributed by atoms with Gasteiger partial charge in [0, 0.05) is 11.3 Å². The number of ketones is 1. The lowest BCUT2D eigenvalue weighted by atomic mass is 9.49. The summed E-state index contributed by atoms with van der Waals surface area (Å²) in [7, 11) is 0.